The lowest BCUT2D eigenvalue weighted by atomic mass is 10.1. The fraction of sp³-hybridized carbons (Fsp3) is 1.00. The van der Waals surface area contributed by atoms with Crippen LogP contribution in [0.5, 0.6) is 0 Å². The third-order valence-corrected chi connectivity index (χ3v) is 1.17. The molecular weight excluding hydrogens is 88.1 g/mol. The highest BCUT2D eigenvalue weighted by atomic mass is 15.0. The van der Waals surface area contributed by atoms with Crippen LogP contribution in [0.2, 0.25) is 0 Å². The Balaban J connectivity index is 3.33. The molecule has 2 heteroatoms. The largest absolute Gasteiger partial charge is 0.210 e. The molecule has 0 spiro atoms. The van der Waals surface area contributed by atoms with Gasteiger partial charge in [0.2, 0.25) is 0 Å². The first-order chi connectivity index (χ1) is 3.18. The number of hydrogen-bond acceptors (Lipinski definition) is 2. The van der Waals surface area contributed by atoms with Gasteiger partial charge < -0.3 is 0 Å². The topological polar surface area (TPSA) is 36.2 Å². The molecule has 0 rings (SSSR count). The van der Waals surface area contributed by atoms with E-state index in [1.807, 2.05) is 6.92 Å². The maximum Gasteiger partial charge on any atom is 0.0700 e. The van der Waals surface area contributed by atoms with Crippen molar-refractivity contribution in [3.8, 4) is 0 Å². The van der Waals surface area contributed by atoms with E-state index >= 15 is 0 Å². The van der Waals surface area contributed by atoms with Crippen molar-refractivity contribution in [1.82, 2.24) is 0 Å². The van der Waals surface area contributed by atoms with Gasteiger partial charge in [-0.05, 0) is 12.8 Å². The van der Waals surface area contributed by atoms with E-state index in [-0.39, 0.29) is 6.04 Å². The van der Waals surface area contributed by atoms with E-state index in [1.54, 1.807) is 0 Å². The minimum atomic E-state index is 0.194. The average molecular weight is 100 g/mol. The Morgan fingerprint density at radius 3 is 1.71 bits per heavy atom. The summed E-state index contributed by atoms with van der Waals surface area (Å²) in [6.45, 7) is 6.06. The van der Waals surface area contributed by atoms with Crippen molar-refractivity contribution in [2.24, 2.45) is 11.0 Å². The van der Waals surface area contributed by atoms with Gasteiger partial charge in [0.15, 0.2) is 0 Å². The van der Waals surface area contributed by atoms with Crippen molar-refractivity contribution in [3.05, 3.63) is 0 Å². The summed E-state index contributed by atoms with van der Waals surface area (Å²) in [5.74, 6) is 0.512. The molecule has 0 radical (unpaired) electrons. The van der Waals surface area contributed by atoms with Gasteiger partial charge in [0.25, 0.3) is 0 Å². The van der Waals surface area contributed by atoms with E-state index in [1.165, 1.54) is 0 Å². The Morgan fingerprint density at radius 2 is 1.71 bits per heavy atom. The first kappa shape index (κ1) is 6.60. The Labute approximate surface area is 44.4 Å². The molecule has 0 aromatic rings. The molecule has 2 nitrogen and oxygen atoms in total. The monoisotopic (exact) mass is 100 g/mol. The lowest BCUT2D eigenvalue weighted by Crippen LogP contribution is -2.04. The molecule has 42 valence electrons. The second-order valence-corrected chi connectivity index (χ2v) is 2.11. The third-order valence-electron chi connectivity index (χ3n) is 1.17. The van der Waals surface area contributed by atoms with E-state index < -0.39 is 0 Å². The zero-order valence-electron chi connectivity index (χ0n) is 5.10. The second-order valence-electron chi connectivity index (χ2n) is 2.11. The van der Waals surface area contributed by atoms with Crippen LogP contribution in [0.25, 0.3) is 0 Å². The van der Waals surface area contributed by atoms with Crippen molar-refractivity contribution in [2.45, 2.75) is 26.8 Å². The van der Waals surface area contributed by atoms with Crippen molar-refractivity contribution in [1.29, 1.82) is 5.53 Å². The highest BCUT2D eigenvalue weighted by Crippen LogP contribution is 2.02. The molecule has 1 atom stereocenters. The molecule has 0 saturated heterocycles. The predicted molar refractivity (Wildman–Crippen MR) is 29.4 cm³/mol. The summed E-state index contributed by atoms with van der Waals surface area (Å²) in [7, 11) is 0. The summed E-state index contributed by atoms with van der Waals surface area (Å²) >= 11 is 0. The van der Waals surface area contributed by atoms with Gasteiger partial charge in [-0.2, -0.15) is 5.11 Å². The standard InChI is InChI=1S/C5H12N2/c1-4(2)5(3)7-6/h4-6H,1-3H3. The number of nitrogens with one attached hydrogen (secondary N) is 1. The molecular formula is C5H12N2. The van der Waals surface area contributed by atoms with Crippen LogP contribution in [-0.4, -0.2) is 6.04 Å². The Bertz CT molecular complexity index is 59.1. The molecule has 0 bridgehead atoms. The van der Waals surface area contributed by atoms with Gasteiger partial charge >= 0.3 is 0 Å². The molecule has 0 aliphatic rings. The summed E-state index contributed by atoms with van der Waals surface area (Å²) in [6.07, 6.45) is 0. The minimum Gasteiger partial charge on any atom is -0.210 e. The molecule has 7 heavy (non-hydrogen) atoms. The highest BCUT2D eigenvalue weighted by molar-refractivity contribution is 4.58. The summed E-state index contributed by atoms with van der Waals surface area (Å²) in [4.78, 5) is 0. The van der Waals surface area contributed by atoms with Crippen molar-refractivity contribution < 1.29 is 0 Å². The summed E-state index contributed by atoms with van der Waals surface area (Å²) in [5.41, 5.74) is 6.56. The van der Waals surface area contributed by atoms with Crippen LogP contribution >= 0.6 is 0 Å². The van der Waals surface area contributed by atoms with E-state index in [0.29, 0.717) is 5.92 Å². The number of nitrogens with zero attached hydrogens (tertiary/aromatic N) is 1. The number of rotatable bonds is 2. The maximum atomic E-state index is 6.56. The van der Waals surface area contributed by atoms with Crippen LogP contribution in [0, 0.1) is 11.4 Å². The molecule has 0 amide bonds. The van der Waals surface area contributed by atoms with E-state index in [4.69, 9.17) is 5.53 Å². The fourth-order valence-electron chi connectivity index (χ4n) is 0.149. The summed E-state index contributed by atoms with van der Waals surface area (Å²) < 4.78 is 0. The van der Waals surface area contributed by atoms with E-state index in [9.17, 15) is 0 Å². The molecule has 0 aliphatic carbocycles. The lowest BCUT2D eigenvalue weighted by molar-refractivity contribution is 0.503. The Kier molecular flexibility index (Phi) is 2.56. The van der Waals surface area contributed by atoms with Crippen LogP contribution in [0.4, 0.5) is 0 Å². The van der Waals surface area contributed by atoms with E-state index in [2.05, 4.69) is 19.0 Å². The lowest BCUT2D eigenvalue weighted by Gasteiger charge is -2.05. The van der Waals surface area contributed by atoms with Gasteiger partial charge in [-0.25, -0.2) is 5.53 Å². The minimum absolute atomic E-state index is 0.194. The van der Waals surface area contributed by atoms with Crippen molar-refractivity contribution in [2.75, 3.05) is 0 Å². The van der Waals surface area contributed by atoms with Gasteiger partial charge in [-0.15, -0.1) is 0 Å². The molecule has 0 saturated carbocycles. The normalized spacial score (nSPS) is 14.3. The van der Waals surface area contributed by atoms with Crippen LogP contribution in [0.1, 0.15) is 20.8 Å². The van der Waals surface area contributed by atoms with Gasteiger partial charge in [-0.1, -0.05) is 13.8 Å². The third kappa shape index (κ3) is 2.31. The van der Waals surface area contributed by atoms with Crippen LogP contribution in [-0.2, 0) is 0 Å². The molecule has 0 aromatic carbocycles. The van der Waals surface area contributed by atoms with Gasteiger partial charge in [0.1, 0.15) is 0 Å². The summed E-state index contributed by atoms with van der Waals surface area (Å²) in [5, 5.41) is 3.34. The van der Waals surface area contributed by atoms with Crippen LogP contribution < -0.4 is 0 Å². The number of hydrogen-bond donors (Lipinski definition) is 1. The maximum absolute atomic E-state index is 6.56. The SMILES string of the molecule is CC(C)C(C)N=N. The second kappa shape index (κ2) is 2.72. The zero-order chi connectivity index (χ0) is 5.86. The smallest absolute Gasteiger partial charge is 0.0700 e. The fourth-order valence-corrected chi connectivity index (χ4v) is 0.149. The van der Waals surface area contributed by atoms with E-state index in [0.717, 1.165) is 0 Å². The molecule has 1 unspecified atom stereocenters. The van der Waals surface area contributed by atoms with Gasteiger partial charge in [0, 0.05) is 0 Å². The van der Waals surface area contributed by atoms with Crippen molar-refractivity contribution >= 4 is 0 Å². The highest BCUT2D eigenvalue weighted by Gasteiger charge is 2.01. The van der Waals surface area contributed by atoms with Gasteiger partial charge in [0.05, 0.1) is 6.04 Å². The predicted octanol–water partition coefficient (Wildman–Crippen LogP) is 2.06. The molecule has 0 fully saturated rings. The molecule has 0 aliphatic heterocycles. The average Bonchev–Trinajstić information content (AvgIpc) is 1.65. The van der Waals surface area contributed by atoms with Crippen LogP contribution in [0.3, 0.4) is 0 Å². The van der Waals surface area contributed by atoms with Gasteiger partial charge in [-0.3, -0.25) is 0 Å². The summed E-state index contributed by atoms with van der Waals surface area (Å²) in [6, 6.07) is 0.194. The Hall–Kier alpha value is -0.400. The molecule has 1 N–H and O–H groups in total. The first-order valence-corrected chi connectivity index (χ1v) is 2.55. The molecule has 0 heterocycles. The Morgan fingerprint density at radius 1 is 1.29 bits per heavy atom. The zero-order valence-corrected chi connectivity index (χ0v) is 5.10. The van der Waals surface area contributed by atoms with Crippen LogP contribution in [0.15, 0.2) is 5.11 Å². The van der Waals surface area contributed by atoms with Crippen molar-refractivity contribution in [3.63, 3.8) is 0 Å². The molecule has 0 aromatic heterocycles. The first-order valence-electron chi connectivity index (χ1n) is 2.55. The quantitative estimate of drug-likeness (QED) is 0.516.